The fourth-order valence-electron chi connectivity index (χ4n) is 11.9. The summed E-state index contributed by atoms with van der Waals surface area (Å²) in [6.45, 7) is 4.34. The van der Waals surface area contributed by atoms with Crippen LogP contribution in [0.2, 0.25) is 0 Å². The first-order valence-electron chi connectivity index (χ1n) is 42.6. The van der Waals surface area contributed by atoms with E-state index in [9.17, 15) is 19.0 Å². The Labute approximate surface area is 631 Å². The van der Waals surface area contributed by atoms with E-state index in [0.29, 0.717) is 17.4 Å². The largest absolute Gasteiger partial charge is 0.472 e. The number of rotatable bonds is 78. The molecule has 0 rings (SSSR count). The Kier molecular flexibility index (Phi) is 77.7. The van der Waals surface area contributed by atoms with Gasteiger partial charge in [0.2, 0.25) is 0 Å². The lowest BCUT2D eigenvalue weighted by molar-refractivity contribution is -0.870. The molecule has 0 radical (unpaired) electrons. The number of hydrogen-bond acceptors (Lipinski definition) is 7. The van der Waals surface area contributed by atoms with Gasteiger partial charge in [-0.2, -0.15) is 0 Å². The second kappa shape index (κ2) is 81.0. The Bertz CT molecular complexity index is 2240. The first-order valence-corrected chi connectivity index (χ1v) is 44.1. The highest BCUT2D eigenvalue weighted by Gasteiger charge is 2.27. The number of phosphoric acid groups is 1. The zero-order valence-electron chi connectivity index (χ0n) is 67.1. The topological polar surface area (TPSA) is 108 Å². The summed E-state index contributed by atoms with van der Waals surface area (Å²) < 4.78 is 34.9. The van der Waals surface area contributed by atoms with E-state index in [2.05, 4.69) is 160 Å². The Hall–Kier alpha value is -4.11. The molecule has 0 heterocycles. The minimum atomic E-state index is -4.41. The van der Waals surface area contributed by atoms with Crippen LogP contribution in [0.5, 0.6) is 0 Å². The predicted molar refractivity (Wildman–Crippen MR) is 445 cm³/mol. The first kappa shape index (κ1) is 97.9. The Morgan fingerprint density at radius 1 is 0.314 bits per heavy atom. The molecule has 0 aliphatic heterocycles. The van der Waals surface area contributed by atoms with Crippen molar-refractivity contribution >= 4 is 19.8 Å². The lowest BCUT2D eigenvalue weighted by Crippen LogP contribution is -2.37. The quantitative estimate of drug-likeness (QED) is 0.0211. The van der Waals surface area contributed by atoms with Gasteiger partial charge in [0.25, 0.3) is 0 Å². The Morgan fingerprint density at radius 2 is 0.559 bits per heavy atom. The van der Waals surface area contributed by atoms with E-state index in [-0.39, 0.29) is 32.0 Å². The first-order chi connectivity index (χ1) is 50.0. The third kappa shape index (κ3) is 84.8. The van der Waals surface area contributed by atoms with Crippen molar-refractivity contribution in [2.24, 2.45) is 0 Å². The maximum Gasteiger partial charge on any atom is 0.472 e. The van der Waals surface area contributed by atoms with Crippen molar-refractivity contribution in [3.8, 4) is 0 Å². The number of quaternary nitrogens is 1. The predicted octanol–water partition coefficient (Wildman–Crippen LogP) is 28.8. The molecule has 0 aliphatic rings. The number of allylic oxidation sites excluding steroid dienone is 24. The maximum atomic E-state index is 12.9. The number of hydrogen-bond donors (Lipinski definition) is 1. The fraction of sp³-hybridized carbons (Fsp3) is 0.717. The number of ether oxygens (including phenoxy) is 2. The van der Waals surface area contributed by atoms with Gasteiger partial charge in [-0.05, 0) is 122 Å². The molecular formula is C92H161NO8P+. The SMILES string of the molecule is CC/C=C\C/C=C\C/C=C\C/C=C\C/C=C\C/C=C\C/C=C\C/C=C\C/C=C\CCCCCCCCCCCCCC(=O)OC(COC(=O)CCCCCCCCCCCCCCCCCCCCCCCCCC/C=C\C/C=C\C/C=C\CCCCCCC)COP(=O)(O)OCC[N+](C)(C)C. The van der Waals surface area contributed by atoms with E-state index >= 15 is 0 Å². The van der Waals surface area contributed by atoms with E-state index in [4.69, 9.17) is 18.5 Å². The average molecular weight is 1440 g/mol. The van der Waals surface area contributed by atoms with Crippen LogP contribution >= 0.6 is 7.82 Å². The third-order valence-corrected chi connectivity index (χ3v) is 19.3. The summed E-state index contributed by atoms with van der Waals surface area (Å²) in [5, 5.41) is 0. The van der Waals surface area contributed by atoms with Crippen LogP contribution in [0.4, 0.5) is 0 Å². The van der Waals surface area contributed by atoms with E-state index in [0.717, 1.165) is 116 Å². The van der Waals surface area contributed by atoms with Gasteiger partial charge < -0.3 is 18.9 Å². The van der Waals surface area contributed by atoms with Gasteiger partial charge in [-0.25, -0.2) is 4.57 Å². The van der Waals surface area contributed by atoms with Gasteiger partial charge in [-0.1, -0.05) is 384 Å². The molecule has 0 spiro atoms. The van der Waals surface area contributed by atoms with Crippen molar-refractivity contribution in [2.75, 3.05) is 47.5 Å². The number of carbonyl (C=O) groups excluding carboxylic acids is 2. The number of phosphoric ester groups is 1. The molecule has 0 aromatic rings. The monoisotopic (exact) mass is 1440 g/mol. The minimum absolute atomic E-state index is 0.0271. The number of unbranched alkanes of at least 4 members (excludes halogenated alkanes) is 40. The molecule has 0 saturated carbocycles. The summed E-state index contributed by atoms with van der Waals surface area (Å²) in [6, 6.07) is 0. The second-order valence-corrected chi connectivity index (χ2v) is 30.9. The van der Waals surface area contributed by atoms with Crippen molar-refractivity contribution in [3.63, 3.8) is 0 Å². The van der Waals surface area contributed by atoms with Crippen LogP contribution in [0.3, 0.4) is 0 Å². The third-order valence-electron chi connectivity index (χ3n) is 18.4. The van der Waals surface area contributed by atoms with Gasteiger partial charge in [-0.15, -0.1) is 0 Å². The van der Waals surface area contributed by atoms with Crippen LogP contribution in [0, 0.1) is 0 Å². The second-order valence-electron chi connectivity index (χ2n) is 29.5. The van der Waals surface area contributed by atoms with Gasteiger partial charge in [0.1, 0.15) is 19.8 Å². The molecule has 0 fully saturated rings. The zero-order chi connectivity index (χ0) is 74.0. The highest BCUT2D eigenvalue weighted by Crippen LogP contribution is 2.43. The van der Waals surface area contributed by atoms with Crippen LogP contribution in [-0.4, -0.2) is 74.9 Å². The van der Waals surface area contributed by atoms with Crippen molar-refractivity contribution in [1.29, 1.82) is 0 Å². The number of likely N-dealkylation sites (N-methyl/N-ethyl adjacent to an activating group) is 1. The molecule has 10 heteroatoms. The molecule has 9 nitrogen and oxygen atoms in total. The fourth-order valence-corrected chi connectivity index (χ4v) is 12.6. The summed E-state index contributed by atoms with van der Waals surface area (Å²) in [4.78, 5) is 36.0. The highest BCUT2D eigenvalue weighted by molar-refractivity contribution is 7.47. The molecule has 586 valence electrons. The molecule has 102 heavy (non-hydrogen) atoms. The zero-order valence-corrected chi connectivity index (χ0v) is 68.0. The summed E-state index contributed by atoms with van der Waals surface area (Å²) in [5.74, 6) is -0.792. The number of nitrogens with zero attached hydrogens (tertiary/aromatic N) is 1. The van der Waals surface area contributed by atoms with Crippen LogP contribution in [0.1, 0.15) is 373 Å². The van der Waals surface area contributed by atoms with Crippen LogP contribution in [-0.2, 0) is 32.7 Å². The molecule has 0 aromatic heterocycles. The molecule has 1 N–H and O–H groups in total. The molecular weight excluding hydrogens is 1280 g/mol. The molecule has 0 amide bonds. The van der Waals surface area contributed by atoms with Crippen LogP contribution < -0.4 is 0 Å². The molecule has 0 aliphatic carbocycles. The standard InChI is InChI=1S/C92H160NO8P/c1-6-8-10-12-14-16-18-20-22-24-26-28-30-32-34-36-38-40-42-44-46-48-50-52-54-56-58-60-62-64-66-68-70-72-74-76-78-80-82-84-91(94)98-88-90(89-100-102(96,97)99-87-86-93(3,4)5)101-92(95)85-83-81-79-77-75-73-71-69-67-65-63-61-59-57-55-53-51-49-47-45-43-41-39-37-35-33-31-29-27-25-23-21-19-17-15-13-11-9-7-2/h9,11,15,17-18,20-21,23-24,26-27,29-30,32-33,35,39,41,45,47,51,53,57,59,90H,6-8,10,12-14,16,19,22,25,28,31,34,36-38,40,42-44,46,48-50,52,54-56,58,60-89H2,1-5H3/p+1/b11-9-,17-15-,20-18-,23-21-,26-24-,29-27-,32-30-,35-33-,41-39-,47-45-,53-51-,59-57-. The Balaban J connectivity index is 3.97. The van der Waals surface area contributed by atoms with E-state index < -0.39 is 26.5 Å². The summed E-state index contributed by atoms with van der Waals surface area (Å²) >= 11 is 0. The number of carbonyl (C=O) groups is 2. The van der Waals surface area contributed by atoms with Crippen molar-refractivity contribution in [2.45, 2.75) is 380 Å². The van der Waals surface area contributed by atoms with Crippen molar-refractivity contribution < 1.29 is 42.1 Å². The van der Waals surface area contributed by atoms with Gasteiger partial charge in [0.15, 0.2) is 6.10 Å². The van der Waals surface area contributed by atoms with Crippen molar-refractivity contribution in [1.82, 2.24) is 0 Å². The Morgan fingerprint density at radius 3 is 0.833 bits per heavy atom. The smallest absolute Gasteiger partial charge is 0.462 e. The van der Waals surface area contributed by atoms with E-state index in [1.165, 1.54) is 225 Å². The molecule has 2 atom stereocenters. The number of esters is 2. The normalized spacial score (nSPS) is 13.7. The minimum Gasteiger partial charge on any atom is -0.462 e. The van der Waals surface area contributed by atoms with Gasteiger partial charge in [-0.3, -0.25) is 18.6 Å². The van der Waals surface area contributed by atoms with Crippen LogP contribution in [0.15, 0.2) is 146 Å². The van der Waals surface area contributed by atoms with Gasteiger partial charge in [0.05, 0.1) is 27.7 Å². The van der Waals surface area contributed by atoms with Crippen LogP contribution in [0.25, 0.3) is 0 Å². The maximum absolute atomic E-state index is 12.9. The average Bonchev–Trinajstić information content (AvgIpc) is 0.914. The van der Waals surface area contributed by atoms with Gasteiger partial charge in [0, 0.05) is 12.8 Å². The summed E-state index contributed by atoms with van der Waals surface area (Å²) in [5.41, 5.74) is 0. The summed E-state index contributed by atoms with van der Waals surface area (Å²) in [6.07, 6.45) is 120. The molecule has 2 unspecified atom stereocenters. The molecule has 0 aromatic carbocycles. The molecule has 0 saturated heterocycles. The summed E-state index contributed by atoms with van der Waals surface area (Å²) in [7, 11) is 1.48. The van der Waals surface area contributed by atoms with Gasteiger partial charge >= 0.3 is 19.8 Å². The van der Waals surface area contributed by atoms with E-state index in [1.54, 1.807) is 0 Å². The molecule has 0 bridgehead atoms. The lowest BCUT2D eigenvalue weighted by atomic mass is 10.0. The van der Waals surface area contributed by atoms with E-state index in [1.807, 2.05) is 21.1 Å². The lowest BCUT2D eigenvalue weighted by Gasteiger charge is -2.24. The van der Waals surface area contributed by atoms with Crippen molar-refractivity contribution in [3.05, 3.63) is 146 Å². The highest BCUT2D eigenvalue weighted by atomic mass is 31.2.